The Hall–Kier alpha value is -3.62. The first-order valence-electron chi connectivity index (χ1n) is 10.9. The molecule has 34 heavy (non-hydrogen) atoms. The van der Waals surface area contributed by atoms with Crippen molar-refractivity contribution in [3.63, 3.8) is 0 Å². The fourth-order valence-corrected chi connectivity index (χ4v) is 4.34. The number of aliphatic hydroxyl groups excluding tert-OH is 1. The fraction of sp³-hybridized carbons (Fsp3) is 0.192. The number of carbonyl (C=O) groups is 1. The van der Waals surface area contributed by atoms with Gasteiger partial charge < -0.3 is 15.7 Å². The summed E-state index contributed by atoms with van der Waals surface area (Å²) in [5.41, 5.74) is 2.87. The Labute approximate surface area is 201 Å². The number of aromatic nitrogens is 2. The molecule has 1 unspecified atom stereocenters. The van der Waals surface area contributed by atoms with Gasteiger partial charge in [0.2, 0.25) is 0 Å². The summed E-state index contributed by atoms with van der Waals surface area (Å²) in [6.07, 6.45) is 3.41. The summed E-state index contributed by atoms with van der Waals surface area (Å²) in [5.74, 6) is -0.0868. The van der Waals surface area contributed by atoms with Crippen molar-refractivity contribution in [2.24, 2.45) is 0 Å². The molecule has 0 fully saturated rings. The van der Waals surface area contributed by atoms with Crippen molar-refractivity contribution < 1.29 is 14.3 Å². The van der Waals surface area contributed by atoms with Crippen molar-refractivity contribution in [3.8, 4) is 10.6 Å². The van der Waals surface area contributed by atoms with Crippen molar-refractivity contribution in [3.05, 3.63) is 100 Å². The van der Waals surface area contributed by atoms with E-state index in [1.54, 1.807) is 37.5 Å². The third-order valence-corrected chi connectivity index (χ3v) is 6.48. The second kappa shape index (κ2) is 11.0. The molecule has 174 valence electrons. The topological polar surface area (TPSA) is 87.1 Å². The number of hydrogen-bond donors (Lipinski definition) is 3. The van der Waals surface area contributed by atoms with Crippen LogP contribution >= 0.6 is 11.3 Å². The van der Waals surface area contributed by atoms with Gasteiger partial charge in [-0.3, -0.25) is 9.78 Å². The van der Waals surface area contributed by atoms with E-state index in [1.807, 2.05) is 30.3 Å². The van der Waals surface area contributed by atoms with Crippen LogP contribution in [0.25, 0.3) is 10.6 Å². The predicted molar refractivity (Wildman–Crippen MR) is 132 cm³/mol. The molecule has 0 aliphatic rings. The van der Waals surface area contributed by atoms with E-state index in [1.165, 1.54) is 23.5 Å². The molecule has 1 atom stereocenters. The van der Waals surface area contributed by atoms with Crippen LogP contribution in [0.4, 0.5) is 10.2 Å². The molecule has 3 heterocycles. The minimum Gasteiger partial charge on any atom is -0.388 e. The fourth-order valence-electron chi connectivity index (χ4n) is 3.43. The number of hydrogen-bond acceptors (Lipinski definition) is 6. The number of nitrogens with zero attached hydrogens (tertiary/aromatic N) is 2. The number of amides is 1. The first-order valence-corrected chi connectivity index (χ1v) is 11.8. The van der Waals surface area contributed by atoms with Crippen LogP contribution in [0.5, 0.6) is 0 Å². The number of benzene rings is 1. The number of rotatable bonds is 9. The van der Waals surface area contributed by atoms with Crippen molar-refractivity contribution in [1.82, 2.24) is 15.3 Å². The lowest BCUT2D eigenvalue weighted by atomic mass is 10.1. The summed E-state index contributed by atoms with van der Waals surface area (Å²) in [7, 11) is 0. The number of pyridine rings is 2. The molecule has 0 saturated carbocycles. The third kappa shape index (κ3) is 6.03. The second-order valence-corrected chi connectivity index (χ2v) is 8.94. The molecule has 0 aliphatic carbocycles. The van der Waals surface area contributed by atoms with Crippen LogP contribution in [0.3, 0.4) is 0 Å². The third-order valence-electron chi connectivity index (χ3n) is 5.20. The smallest absolute Gasteiger partial charge is 0.255 e. The van der Waals surface area contributed by atoms with Gasteiger partial charge >= 0.3 is 0 Å². The first-order chi connectivity index (χ1) is 16.5. The zero-order valence-electron chi connectivity index (χ0n) is 18.7. The maximum Gasteiger partial charge on any atom is 0.255 e. The molecule has 4 rings (SSSR count). The van der Waals surface area contributed by atoms with E-state index in [-0.39, 0.29) is 11.7 Å². The largest absolute Gasteiger partial charge is 0.388 e. The highest BCUT2D eigenvalue weighted by atomic mass is 32.1. The molecule has 1 amide bonds. The zero-order chi connectivity index (χ0) is 23.9. The standard InChI is InChI=1S/C26H25FN4O2S/c1-17(32)23-9-10-24(34-23)22-8-7-21(26(33)30-16-19-5-3-12-28-15-19)25(31-22)29-13-11-18-4-2-6-20(27)14-18/h2-10,12,14-15,17,32H,11,13,16H2,1H3,(H,29,31)(H,30,33). The highest BCUT2D eigenvalue weighted by molar-refractivity contribution is 7.15. The Kier molecular flexibility index (Phi) is 7.61. The van der Waals surface area contributed by atoms with Crippen LogP contribution in [0.1, 0.15) is 39.4 Å². The number of thiophene rings is 1. The van der Waals surface area contributed by atoms with E-state index in [2.05, 4.69) is 15.6 Å². The minimum absolute atomic E-state index is 0.257. The van der Waals surface area contributed by atoms with Gasteiger partial charge in [-0.1, -0.05) is 18.2 Å². The van der Waals surface area contributed by atoms with Gasteiger partial charge in [-0.15, -0.1) is 11.3 Å². The molecule has 0 radical (unpaired) electrons. The van der Waals surface area contributed by atoms with E-state index in [0.717, 1.165) is 20.9 Å². The Bertz CT molecular complexity index is 1260. The molecule has 0 saturated heterocycles. The summed E-state index contributed by atoms with van der Waals surface area (Å²) in [4.78, 5) is 23.5. The number of anilines is 1. The van der Waals surface area contributed by atoms with E-state index in [4.69, 9.17) is 4.98 Å². The number of carbonyl (C=O) groups excluding carboxylic acids is 1. The van der Waals surface area contributed by atoms with Crippen LogP contribution < -0.4 is 10.6 Å². The summed E-state index contributed by atoms with van der Waals surface area (Å²) >= 11 is 1.46. The Morgan fingerprint density at radius 2 is 1.97 bits per heavy atom. The SMILES string of the molecule is CC(O)c1ccc(-c2ccc(C(=O)NCc3cccnc3)c(NCCc3cccc(F)c3)n2)s1. The normalized spacial score (nSPS) is 11.7. The number of aliphatic hydroxyl groups is 1. The quantitative estimate of drug-likeness (QED) is 0.317. The van der Waals surface area contributed by atoms with Gasteiger partial charge in [-0.05, 0) is 66.9 Å². The summed E-state index contributed by atoms with van der Waals surface area (Å²) in [6.45, 7) is 2.55. The average Bonchev–Trinajstić information content (AvgIpc) is 3.34. The number of nitrogens with one attached hydrogen (secondary N) is 2. The lowest BCUT2D eigenvalue weighted by Gasteiger charge is -2.13. The minimum atomic E-state index is -0.555. The van der Waals surface area contributed by atoms with Crippen LogP contribution in [0.2, 0.25) is 0 Å². The van der Waals surface area contributed by atoms with Gasteiger partial charge in [0.1, 0.15) is 11.6 Å². The van der Waals surface area contributed by atoms with Crippen LogP contribution in [-0.2, 0) is 13.0 Å². The summed E-state index contributed by atoms with van der Waals surface area (Å²) in [5, 5.41) is 16.0. The molecule has 0 spiro atoms. The average molecular weight is 477 g/mol. The lowest BCUT2D eigenvalue weighted by molar-refractivity contribution is 0.0951. The molecule has 0 bridgehead atoms. The van der Waals surface area contributed by atoms with Crippen LogP contribution in [0, 0.1) is 5.82 Å². The van der Waals surface area contributed by atoms with Gasteiger partial charge in [0.05, 0.1) is 22.2 Å². The maximum atomic E-state index is 13.5. The van der Waals surface area contributed by atoms with Gasteiger partial charge in [0.25, 0.3) is 5.91 Å². The zero-order valence-corrected chi connectivity index (χ0v) is 19.5. The number of halogens is 1. The van der Waals surface area contributed by atoms with E-state index in [0.29, 0.717) is 36.6 Å². The first kappa shape index (κ1) is 23.5. The van der Waals surface area contributed by atoms with Gasteiger partial charge in [0, 0.05) is 30.4 Å². The van der Waals surface area contributed by atoms with E-state index < -0.39 is 6.10 Å². The van der Waals surface area contributed by atoms with Gasteiger partial charge in [0.15, 0.2) is 0 Å². The van der Waals surface area contributed by atoms with Crippen molar-refractivity contribution in [1.29, 1.82) is 0 Å². The highest BCUT2D eigenvalue weighted by Gasteiger charge is 2.16. The molecule has 1 aromatic carbocycles. The van der Waals surface area contributed by atoms with Crippen molar-refractivity contribution in [2.75, 3.05) is 11.9 Å². The molecule has 6 nitrogen and oxygen atoms in total. The second-order valence-electron chi connectivity index (χ2n) is 7.82. The van der Waals surface area contributed by atoms with Crippen molar-refractivity contribution >= 4 is 23.1 Å². The van der Waals surface area contributed by atoms with Crippen LogP contribution in [0.15, 0.2) is 73.1 Å². The molecule has 8 heteroatoms. The van der Waals surface area contributed by atoms with E-state index in [9.17, 15) is 14.3 Å². The molecule has 4 aromatic rings. The summed E-state index contributed by atoms with van der Waals surface area (Å²) in [6, 6.07) is 17.5. The molecular formula is C26H25FN4O2S. The van der Waals surface area contributed by atoms with Crippen molar-refractivity contribution in [2.45, 2.75) is 26.0 Å². The van der Waals surface area contributed by atoms with Gasteiger partial charge in [-0.2, -0.15) is 0 Å². The monoisotopic (exact) mass is 476 g/mol. The Morgan fingerprint density at radius 3 is 2.71 bits per heavy atom. The maximum absolute atomic E-state index is 13.5. The molecule has 0 aliphatic heterocycles. The van der Waals surface area contributed by atoms with Crippen LogP contribution in [-0.4, -0.2) is 27.5 Å². The predicted octanol–water partition coefficient (Wildman–Crippen LogP) is 4.98. The molecular weight excluding hydrogens is 451 g/mol. The molecule has 3 N–H and O–H groups in total. The highest BCUT2D eigenvalue weighted by Crippen LogP contribution is 2.31. The lowest BCUT2D eigenvalue weighted by Crippen LogP contribution is -2.24. The Balaban J connectivity index is 1.54. The Morgan fingerprint density at radius 1 is 1.12 bits per heavy atom. The van der Waals surface area contributed by atoms with E-state index >= 15 is 0 Å². The molecule has 3 aromatic heterocycles. The van der Waals surface area contributed by atoms with Gasteiger partial charge in [-0.25, -0.2) is 9.37 Å². The summed E-state index contributed by atoms with van der Waals surface area (Å²) < 4.78 is 13.5.